The van der Waals surface area contributed by atoms with E-state index in [0.29, 0.717) is 18.8 Å². The minimum atomic E-state index is 0.294. The van der Waals surface area contributed by atoms with E-state index >= 15 is 0 Å². The molecule has 3 rings (SSSR count). The van der Waals surface area contributed by atoms with Gasteiger partial charge in [-0.05, 0) is 29.8 Å². The molecule has 2 aromatic carbocycles. The summed E-state index contributed by atoms with van der Waals surface area (Å²) in [4.78, 5) is 7.76. The van der Waals surface area contributed by atoms with E-state index in [4.69, 9.17) is 0 Å². The Morgan fingerprint density at radius 1 is 1.05 bits per heavy atom. The van der Waals surface area contributed by atoms with Gasteiger partial charge < -0.3 is 15.4 Å². The Balaban J connectivity index is 1.63. The first kappa shape index (κ1) is 11.7. The number of fused-ring (bicyclic) bond motifs is 1. The molecule has 96 valence electrons. The molecule has 3 N–H and O–H groups in total. The fourth-order valence-corrected chi connectivity index (χ4v) is 2.08. The fraction of sp³-hybridized carbons (Fsp3) is 0.133. The highest BCUT2D eigenvalue weighted by Gasteiger charge is 2.01. The molecule has 0 aliphatic rings. The third-order valence-electron chi connectivity index (χ3n) is 2.97. The Bertz CT molecular complexity index is 657. The van der Waals surface area contributed by atoms with E-state index in [2.05, 4.69) is 15.3 Å². The average molecular weight is 253 g/mol. The number of phenolic OH excluding ortho intramolecular Hbond substituents is 1. The van der Waals surface area contributed by atoms with Gasteiger partial charge in [-0.1, -0.05) is 24.3 Å². The van der Waals surface area contributed by atoms with Crippen molar-refractivity contribution in [2.75, 3.05) is 0 Å². The van der Waals surface area contributed by atoms with Gasteiger partial charge in [0.25, 0.3) is 0 Å². The van der Waals surface area contributed by atoms with E-state index in [1.54, 1.807) is 12.1 Å². The van der Waals surface area contributed by atoms with Gasteiger partial charge in [0.2, 0.25) is 0 Å². The van der Waals surface area contributed by atoms with Gasteiger partial charge in [0.15, 0.2) is 0 Å². The third kappa shape index (κ3) is 2.74. The van der Waals surface area contributed by atoms with Gasteiger partial charge in [-0.15, -0.1) is 0 Å². The zero-order valence-electron chi connectivity index (χ0n) is 10.4. The number of hydrogen-bond acceptors (Lipinski definition) is 3. The van der Waals surface area contributed by atoms with Crippen LogP contribution in [-0.2, 0) is 13.1 Å². The Morgan fingerprint density at radius 3 is 2.79 bits per heavy atom. The van der Waals surface area contributed by atoms with Crippen molar-refractivity contribution >= 4 is 11.0 Å². The van der Waals surface area contributed by atoms with Crippen LogP contribution in [0.25, 0.3) is 11.0 Å². The molecule has 0 aliphatic heterocycles. The normalized spacial score (nSPS) is 10.9. The summed E-state index contributed by atoms with van der Waals surface area (Å²) < 4.78 is 0. The van der Waals surface area contributed by atoms with Crippen molar-refractivity contribution in [3.8, 4) is 5.75 Å². The Hall–Kier alpha value is -2.33. The van der Waals surface area contributed by atoms with Crippen molar-refractivity contribution in [1.29, 1.82) is 0 Å². The highest BCUT2D eigenvalue weighted by Crippen LogP contribution is 2.12. The highest BCUT2D eigenvalue weighted by atomic mass is 16.3. The summed E-state index contributed by atoms with van der Waals surface area (Å²) in [5.41, 5.74) is 3.09. The molecule has 0 saturated heterocycles. The second kappa shape index (κ2) is 5.12. The van der Waals surface area contributed by atoms with Crippen molar-refractivity contribution in [1.82, 2.24) is 15.3 Å². The van der Waals surface area contributed by atoms with Crippen LogP contribution in [0.4, 0.5) is 0 Å². The smallest absolute Gasteiger partial charge is 0.121 e. The number of nitrogens with one attached hydrogen (secondary N) is 2. The summed E-state index contributed by atoms with van der Waals surface area (Å²) in [6, 6.07) is 15.2. The van der Waals surface area contributed by atoms with Crippen LogP contribution in [0, 0.1) is 0 Å². The first-order chi connectivity index (χ1) is 9.31. The largest absolute Gasteiger partial charge is 0.508 e. The zero-order valence-corrected chi connectivity index (χ0v) is 10.4. The third-order valence-corrected chi connectivity index (χ3v) is 2.97. The molecule has 0 radical (unpaired) electrons. The molecular weight excluding hydrogens is 238 g/mol. The van der Waals surface area contributed by atoms with Gasteiger partial charge in [0.05, 0.1) is 17.6 Å². The van der Waals surface area contributed by atoms with Gasteiger partial charge >= 0.3 is 0 Å². The first-order valence-electron chi connectivity index (χ1n) is 6.23. The summed E-state index contributed by atoms with van der Waals surface area (Å²) in [7, 11) is 0. The predicted octanol–water partition coefficient (Wildman–Crippen LogP) is 2.56. The minimum Gasteiger partial charge on any atom is -0.508 e. The second-order valence-corrected chi connectivity index (χ2v) is 4.47. The number of para-hydroxylation sites is 2. The molecule has 19 heavy (non-hydrogen) atoms. The summed E-state index contributed by atoms with van der Waals surface area (Å²) >= 11 is 0. The number of phenols is 1. The van der Waals surface area contributed by atoms with Crippen molar-refractivity contribution in [2.24, 2.45) is 0 Å². The summed E-state index contributed by atoms with van der Waals surface area (Å²) in [6.07, 6.45) is 0. The number of hydrogen-bond donors (Lipinski definition) is 3. The first-order valence-corrected chi connectivity index (χ1v) is 6.23. The van der Waals surface area contributed by atoms with Crippen LogP contribution in [0.1, 0.15) is 11.4 Å². The van der Waals surface area contributed by atoms with Crippen molar-refractivity contribution in [3.63, 3.8) is 0 Å². The van der Waals surface area contributed by atoms with Crippen LogP contribution in [0.2, 0.25) is 0 Å². The summed E-state index contributed by atoms with van der Waals surface area (Å²) in [6.45, 7) is 1.37. The van der Waals surface area contributed by atoms with Crippen LogP contribution >= 0.6 is 0 Å². The average Bonchev–Trinajstić information content (AvgIpc) is 2.81. The molecule has 1 aromatic heterocycles. The molecule has 1 heterocycles. The van der Waals surface area contributed by atoms with E-state index in [-0.39, 0.29) is 0 Å². The fourth-order valence-electron chi connectivity index (χ4n) is 2.08. The number of imidazole rings is 1. The maximum Gasteiger partial charge on any atom is 0.121 e. The van der Waals surface area contributed by atoms with E-state index in [0.717, 1.165) is 22.4 Å². The molecule has 4 heteroatoms. The number of aromatic hydroxyl groups is 1. The standard InChI is InChI=1S/C15H15N3O/c19-12-5-3-4-11(8-12)9-16-10-15-17-13-6-1-2-7-14(13)18-15/h1-8,16,19H,9-10H2,(H,17,18). The van der Waals surface area contributed by atoms with E-state index < -0.39 is 0 Å². The SMILES string of the molecule is Oc1cccc(CNCc2nc3ccccc3[nH]2)c1. The molecule has 0 saturated carbocycles. The molecule has 0 fully saturated rings. The number of benzene rings is 2. The molecule has 0 atom stereocenters. The lowest BCUT2D eigenvalue weighted by Crippen LogP contribution is -2.13. The van der Waals surface area contributed by atoms with Gasteiger partial charge in [0, 0.05) is 6.54 Å². The zero-order chi connectivity index (χ0) is 13.1. The lowest BCUT2D eigenvalue weighted by molar-refractivity contribution is 0.474. The van der Waals surface area contributed by atoms with Gasteiger partial charge in [-0.2, -0.15) is 0 Å². The molecule has 0 amide bonds. The molecule has 0 bridgehead atoms. The van der Waals surface area contributed by atoms with Gasteiger partial charge in [-0.25, -0.2) is 4.98 Å². The van der Waals surface area contributed by atoms with Crippen molar-refractivity contribution in [2.45, 2.75) is 13.1 Å². The number of rotatable bonds is 4. The quantitative estimate of drug-likeness (QED) is 0.669. The topological polar surface area (TPSA) is 60.9 Å². The van der Waals surface area contributed by atoms with Crippen LogP contribution in [-0.4, -0.2) is 15.1 Å². The molecule has 3 aromatic rings. The van der Waals surface area contributed by atoms with Crippen molar-refractivity contribution in [3.05, 3.63) is 59.9 Å². The number of nitrogens with zero attached hydrogens (tertiary/aromatic N) is 1. The Kier molecular flexibility index (Phi) is 3.16. The maximum atomic E-state index is 9.38. The molecule has 0 spiro atoms. The van der Waals surface area contributed by atoms with Crippen LogP contribution in [0.3, 0.4) is 0 Å². The van der Waals surface area contributed by atoms with Crippen molar-refractivity contribution < 1.29 is 5.11 Å². The van der Waals surface area contributed by atoms with E-state index in [1.165, 1.54) is 0 Å². The van der Waals surface area contributed by atoms with Crippen LogP contribution in [0.5, 0.6) is 5.75 Å². The lowest BCUT2D eigenvalue weighted by atomic mass is 10.2. The van der Waals surface area contributed by atoms with Gasteiger partial charge in [0.1, 0.15) is 11.6 Å². The molecule has 4 nitrogen and oxygen atoms in total. The number of H-pyrrole nitrogens is 1. The predicted molar refractivity (Wildman–Crippen MR) is 74.7 cm³/mol. The van der Waals surface area contributed by atoms with E-state index in [9.17, 15) is 5.11 Å². The monoisotopic (exact) mass is 253 g/mol. The maximum absolute atomic E-state index is 9.38. The Labute approximate surface area is 111 Å². The molecule has 0 unspecified atom stereocenters. The number of aromatic amines is 1. The Morgan fingerprint density at radius 2 is 1.95 bits per heavy atom. The van der Waals surface area contributed by atoms with E-state index in [1.807, 2.05) is 36.4 Å². The minimum absolute atomic E-state index is 0.294. The molecular formula is C15H15N3O. The second-order valence-electron chi connectivity index (χ2n) is 4.47. The molecule has 0 aliphatic carbocycles. The number of aromatic nitrogens is 2. The lowest BCUT2D eigenvalue weighted by Gasteiger charge is -2.03. The highest BCUT2D eigenvalue weighted by molar-refractivity contribution is 5.74. The van der Waals surface area contributed by atoms with Crippen LogP contribution in [0.15, 0.2) is 48.5 Å². The van der Waals surface area contributed by atoms with Crippen LogP contribution < -0.4 is 5.32 Å². The van der Waals surface area contributed by atoms with Gasteiger partial charge in [-0.3, -0.25) is 0 Å². The summed E-state index contributed by atoms with van der Waals surface area (Å²) in [5.74, 6) is 1.21. The summed E-state index contributed by atoms with van der Waals surface area (Å²) in [5, 5.41) is 12.7.